The highest BCUT2D eigenvalue weighted by molar-refractivity contribution is 5.95. The number of hydrogen-bond acceptors (Lipinski definition) is 4. The van der Waals surface area contributed by atoms with Gasteiger partial charge in [0.1, 0.15) is 0 Å². The molecular formula is C12H14N2O5. The molecule has 0 unspecified atom stereocenters. The Morgan fingerprint density at radius 1 is 1.37 bits per heavy atom. The summed E-state index contributed by atoms with van der Waals surface area (Å²) < 4.78 is 0. The summed E-state index contributed by atoms with van der Waals surface area (Å²) in [6.45, 7) is 2.20. The molecule has 1 aliphatic rings. The summed E-state index contributed by atoms with van der Waals surface area (Å²) >= 11 is 0. The van der Waals surface area contributed by atoms with E-state index in [0.717, 1.165) is 12.1 Å². The maximum Gasteiger partial charge on any atom is 0.308 e. The minimum Gasteiger partial charge on any atom is -0.494 e. The number of carbonyl (C=O) groups is 2. The molecule has 0 aromatic carbocycles. The van der Waals surface area contributed by atoms with Gasteiger partial charge in [-0.15, -0.1) is 0 Å². The normalized spacial score (nSPS) is 22.5. The van der Waals surface area contributed by atoms with E-state index in [2.05, 4.69) is 4.98 Å². The molecule has 2 rings (SSSR count). The molecule has 2 heterocycles. The third-order valence-electron chi connectivity index (χ3n) is 3.29. The number of carbonyl (C=O) groups excluding carboxylic acids is 1. The zero-order chi connectivity index (χ0) is 14.2. The van der Waals surface area contributed by atoms with Crippen LogP contribution in [0.2, 0.25) is 0 Å². The van der Waals surface area contributed by atoms with Crippen molar-refractivity contribution in [2.45, 2.75) is 6.92 Å². The van der Waals surface area contributed by atoms with Crippen molar-refractivity contribution in [3.05, 3.63) is 28.0 Å². The largest absolute Gasteiger partial charge is 0.494 e. The summed E-state index contributed by atoms with van der Waals surface area (Å²) in [6.07, 6.45) is 0. The number of H-pyrrole nitrogens is 1. The number of carboxylic acid groups (broad SMARTS) is 1. The lowest BCUT2D eigenvalue weighted by atomic mass is 9.99. The molecule has 102 valence electrons. The van der Waals surface area contributed by atoms with Crippen LogP contribution in [0.4, 0.5) is 0 Å². The SMILES string of the molecule is C[C@@H]1CN(C(=O)c2cc(O)[nH]c(=O)c2)C[C@H]1C(=O)O. The van der Waals surface area contributed by atoms with E-state index < -0.39 is 29.2 Å². The van der Waals surface area contributed by atoms with Gasteiger partial charge < -0.3 is 15.1 Å². The number of aromatic amines is 1. The third kappa shape index (κ3) is 2.59. The summed E-state index contributed by atoms with van der Waals surface area (Å²) in [5.41, 5.74) is -0.523. The zero-order valence-electron chi connectivity index (χ0n) is 10.3. The van der Waals surface area contributed by atoms with Crippen LogP contribution in [0.15, 0.2) is 16.9 Å². The highest BCUT2D eigenvalue weighted by Gasteiger charge is 2.37. The van der Waals surface area contributed by atoms with E-state index in [-0.39, 0.29) is 18.0 Å². The first-order chi connectivity index (χ1) is 8.88. The number of hydrogen-bond donors (Lipinski definition) is 3. The van der Waals surface area contributed by atoms with Crippen LogP contribution in [-0.2, 0) is 4.79 Å². The van der Waals surface area contributed by atoms with E-state index in [1.807, 2.05) is 0 Å². The summed E-state index contributed by atoms with van der Waals surface area (Å²) in [7, 11) is 0. The number of aromatic nitrogens is 1. The first-order valence-electron chi connectivity index (χ1n) is 5.84. The van der Waals surface area contributed by atoms with Crippen molar-refractivity contribution < 1.29 is 19.8 Å². The predicted molar refractivity (Wildman–Crippen MR) is 64.9 cm³/mol. The van der Waals surface area contributed by atoms with E-state index in [0.29, 0.717) is 6.54 Å². The van der Waals surface area contributed by atoms with Gasteiger partial charge in [-0.3, -0.25) is 19.4 Å². The maximum atomic E-state index is 12.1. The second-order valence-electron chi connectivity index (χ2n) is 4.75. The van der Waals surface area contributed by atoms with Crippen LogP contribution >= 0.6 is 0 Å². The van der Waals surface area contributed by atoms with E-state index in [9.17, 15) is 19.5 Å². The van der Waals surface area contributed by atoms with Crippen LogP contribution in [0.5, 0.6) is 5.88 Å². The monoisotopic (exact) mass is 266 g/mol. The Labute approximate surface area is 108 Å². The summed E-state index contributed by atoms with van der Waals surface area (Å²) in [5, 5.41) is 18.3. The van der Waals surface area contributed by atoms with Gasteiger partial charge in [-0.25, -0.2) is 0 Å². The zero-order valence-corrected chi connectivity index (χ0v) is 10.3. The number of aromatic hydroxyl groups is 1. The summed E-state index contributed by atoms with van der Waals surface area (Å²) in [5.74, 6) is -2.51. The topological polar surface area (TPSA) is 111 Å². The molecule has 0 aliphatic carbocycles. The fraction of sp³-hybridized carbons (Fsp3) is 0.417. The minimum atomic E-state index is -0.934. The highest BCUT2D eigenvalue weighted by Crippen LogP contribution is 2.24. The smallest absolute Gasteiger partial charge is 0.308 e. The summed E-state index contributed by atoms with van der Waals surface area (Å²) in [6, 6.07) is 2.24. The van der Waals surface area contributed by atoms with Gasteiger partial charge in [-0.2, -0.15) is 0 Å². The number of likely N-dealkylation sites (tertiary alicyclic amines) is 1. The Kier molecular flexibility index (Phi) is 3.28. The number of aliphatic carboxylic acids is 1. The lowest BCUT2D eigenvalue weighted by Gasteiger charge is -2.15. The van der Waals surface area contributed by atoms with Crippen LogP contribution in [0.3, 0.4) is 0 Å². The van der Waals surface area contributed by atoms with Gasteiger partial charge in [0.15, 0.2) is 5.88 Å². The average molecular weight is 266 g/mol. The van der Waals surface area contributed by atoms with E-state index in [1.54, 1.807) is 6.92 Å². The van der Waals surface area contributed by atoms with Crippen LogP contribution in [0, 0.1) is 11.8 Å². The molecule has 1 amide bonds. The van der Waals surface area contributed by atoms with Crippen molar-refractivity contribution in [2.24, 2.45) is 11.8 Å². The predicted octanol–water partition coefficient (Wildman–Crippen LogP) is -0.127. The molecule has 0 spiro atoms. The van der Waals surface area contributed by atoms with Crippen molar-refractivity contribution in [3.63, 3.8) is 0 Å². The van der Waals surface area contributed by atoms with Crippen molar-refractivity contribution in [1.82, 2.24) is 9.88 Å². The average Bonchev–Trinajstić information content (AvgIpc) is 2.69. The molecule has 0 bridgehead atoms. The Hall–Kier alpha value is -2.31. The minimum absolute atomic E-state index is 0.0551. The fourth-order valence-electron chi connectivity index (χ4n) is 2.29. The Morgan fingerprint density at radius 2 is 2.05 bits per heavy atom. The van der Waals surface area contributed by atoms with Gasteiger partial charge in [0.05, 0.1) is 11.5 Å². The van der Waals surface area contributed by atoms with Crippen LogP contribution in [0.25, 0.3) is 0 Å². The molecule has 2 atom stereocenters. The molecular weight excluding hydrogens is 252 g/mol. The van der Waals surface area contributed by atoms with E-state index in [1.165, 1.54) is 4.90 Å². The molecule has 7 nitrogen and oxygen atoms in total. The van der Waals surface area contributed by atoms with Crippen LogP contribution < -0.4 is 5.56 Å². The number of amides is 1. The van der Waals surface area contributed by atoms with Crippen molar-refractivity contribution in [2.75, 3.05) is 13.1 Å². The lowest BCUT2D eigenvalue weighted by molar-refractivity contribution is -0.142. The molecule has 1 saturated heterocycles. The molecule has 0 saturated carbocycles. The second-order valence-corrected chi connectivity index (χ2v) is 4.75. The molecule has 1 aromatic rings. The summed E-state index contributed by atoms with van der Waals surface area (Å²) in [4.78, 5) is 37.8. The maximum absolute atomic E-state index is 12.1. The van der Waals surface area contributed by atoms with Gasteiger partial charge >= 0.3 is 5.97 Å². The first kappa shape index (κ1) is 13.1. The molecule has 19 heavy (non-hydrogen) atoms. The fourth-order valence-corrected chi connectivity index (χ4v) is 2.29. The van der Waals surface area contributed by atoms with Gasteiger partial charge in [0, 0.05) is 25.2 Å². The van der Waals surface area contributed by atoms with Gasteiger partial charge in [-0.1, -0.05) is 6.92 Å². The second kappa shape index (κ2) is 4.75. The third-order valence-corrected chi connectivity index (χ3v) is 3.29. The molecule has 1 aromatic heterocycles. The van der Waals surface area contributed by atoms with Gasteiger partial charge in [0.2, 0.25) is 0 Å². The van der Waals surface area contributed by atoms with Crippen molar-refractivity contribution in [3.8, 4) is 5.88 Å². The van der Waals surface area contributed by atoms with E-state index >= 15 is 0 Å². The van der Waals surface area contributed by atoms with Crippen LogP contribution in [0.1, 0.15) is 17.3 Å². The Morgan fingerprint density at radius 3 is 2.58 bits per heavy atom. The van der Waals surface area contributed by atoms with Crippen molar-refractivity contribution >= 4 is 11.9 Å². The standard InChI is InChI=1S/C12H14N2O5/c1-6-4-14(5-8(6)12(18)19)11(17)7-2-9(15)13-10(16)3-7/h2-3,6,8H,4-5H2,1H3,(H,18,19)(H2,13,15,16)/t6-,8-/m1/s1. The van der Waals surface area contributed by atoms with Crippen molar-refractivity contribution in [1.29, 1.82) is 0 Å². The highest BCUT2D eigenvalue weighted by atomic mass is 16.4. The Balaban J connectivity index is 2.21. The van der Waals surface area contributed by atoms with Gasteiger partial charge in [-0.05, 0) is 5.92 Å². The molecule has 7 heteroatoms. The number of nitrogens with one attached hydrogen (secondary N) is 1. The number of carboxylic acids is 1. The van der Waals surface area contributed by atoms with Crippen LogP contribution in [-0.4, -0.2) is 45.1 Å². The first-order valence-corrected chi connectivity index (χ1v) is 5.84. The molecule has 1 aliphatic heterocycles. The van der Waals surface area contributed by atoms with Gasteiger partial charge in [0.25, 0.3) is 11.5 Å². The molecule has 1 fully saturated rings. The number of pyridine rings is 1. The molecule has 3 N–H and O–H groups in total. The number of rotatable bonds is 2. The lowest BCUT2D eigenvalue weighted by Crippen LogP contribution is -2.30. The number of nitrogens with zero attached hydrogens (tertiary/aromatic N) is 1. The Bertz CT molecular complexity index is 580. The van der Waals surface area contributed by atoms with E-state index in [4.69, 9.17) is 5.11 Å². The molecule has 0 radical (unpaired) electrons. The quantitative estimate of drug-likeness (QED) is 0.690.